The Morgan fingerprint density at radius 1 is 1.47 bits per heavy atom. The van der Waals surface area contributed by atoms with Crippen molar-refractivity contribution in [3.63, 3.8) is 0 Å². The van der Waals surface area contributed by atoms with Crippen molar-refractivity contribution in [2.45, 2.75) is 13.0 Å². The first-order valence-corrected chi connectivity index (χ1v) is 5.27. The molecule has 1 amide bonds. The Morgan fingerprint density at radius 3 is 2.47 bits per heavy atom. The highest BCUT2D eigenvalue weighted by Gasteiger charge is 2.18. The SMILES string of the molecule is CC(C(=O)O)N(C)c1ccc(C(N)=O)c(Cl)c1. The number of hydrogen-bond acceptors (Lipinski definition) is 3. The number of primary amides is 1. The van der Waals surface area contributed by atoms with Crippen LogP contribution in [0.3, 0.4) is 0 Å². The van der Waals surface area contributed by atoms with Gasteiger partial charge >= 0.3 is 5.97 Å². The number of hydrogen-bond donors (Lipinski definition) is 2. The highest BCUT2D eigenvalue weighted by atomic mass is 35.5. The summed E-state index contributed by atoms with van der Waals surface area (Å²) in [6.07, 6.45) is 0. The lowest BCUT2D eigenvalue weighted by atomic mass is 10.1. The number of anilines is 1. The topological polar surface area (TPSA) is 83.6 Å². The molecule has 0 aliphatic rings. The van der Waals surface area contributed by atoms with Gasteiger partial charge in [0.25, 0.3) is 0 Å². The van der Waals surface area contributed by atoms with Crippen molar-refractivity contribution in [3.05, 3.63) is 28.8 Å². The van der Waals surface area contributed by atoms with E-state index in [0.717, 1.165) is 0 Å². The Balaban J connectivity index is 3.05. The third kappa shape index (κ3) is 2.88. The van der Waals surface area contributed by atoms with Crippen LogP contribution in [0.25, 0.3) is 0 Å². The molecular formula is C11H13ClN2O3. The Hall–Kier alpha value is -1.75. The van der Waals surface area contributed by atoms with Crippen molar-refractivity contribution < 1.29 is 14.7 Å². The van der Waals surface area contributed by atoms with Crippen LogP contribution >= 0.6 is 11.6 Å². The number of benzene rings is 1. The van der Waals surface area contributed by atoms with E-state index < -0.39 is 17.9 Å². The minimum Gasteiger partial charge on any atom is -0.480 e. The van der Waals surface area contributed by atoms with Gasteiger partial charge in [-0.3, -0.25) is 4.79 Å². The van der Waals surface area contributed by atoms with Crippen molar-refractivity contribution in [3.8, 4) is 0 Å². The third-order valence-electron chi connectivity index (χ3n) is 2.56. The predicted octanol–water partition coefficient (Wildman–Crippen LogP) is 1.35. The second-order valence-corrected chi connectivity index (χ2v) is 4.06. The smallest absolute Gasteiger partial charge is 0.326 e. The summed E-state index contributed by atoms with van der Waals surface area (Å²) in [5, 5.41) is 9.08. The van der Waals surface area contributed by atoms with Crippen LogP contribution in [0, 0.1) is 0 Å². The molecule has 0 saturated carbocycles. The van der Waals surface area contributed by atoms with Crippen molar-refractivity contribution in [1.82, 2.24) is 0 Å². The summed E-state index contributed by atoms with van der Waals surface area (Å²) >= 11 is 5.88. The summed E-state index contributed by atoms with van der Waals surface area (Å²) in [7, 11) is 1.63. The van der Waals surface area contributed by atoms with Gasteiger partial charge in [-0.2, -0.15) is 0 Å². The zero-order valence-electron chi connectivity index (χ0n) is 9.48. The highest BCUT2D eigenvalue weighted by Crippen LogP contribution is 2.24. The Kier molecular flexibility index (Phi) is 3.96. The molecular weight excluding hydrogens is 244 g/mol. The summed E-state index contributed by atoms with van der Waals surface area (Å²) in [6, 6.07) is 3.91. The minimum absolute atomic E-state index is 0.208. The highest BCUT2D eigenvalue weighted by molar-refractivity contribution is 6.34. The number of rotatable bonds is 4. The summed E-state index contributed by atoms with van der Waals surface area (Å²) in [6.45, 7) is 1.55. The van der Waals surface area contributed by atoms with Gasteiger partial charge in [0, 0.05) is 12.7 Å². The zero-order chi connectivity index (χ0) is 13.2. The van der Waals surface area contributed by atoms with Crippen LogP contribution in [0.4, 0.5) is 5.69 Å². The number of nitrogens with zero attached hydrogens (tertiary/aromatic N) is 1. The lowest BCUT2D eigenvalue weighted by molar-refractivity contribution is -0.138. The number of carboxylic acid groups (broad SMARTS) is 1. The number of halogens is 1. The molecule has 0 fully saturated rings. The molecule has 1 unspecified atom stereocenters. The molecule has 0 aliphatic carbocycles. The van der Waals surface area contributed by atoms with Crippen LogP contribution in [0.15, 0.2) is 18.2 Å². The van der Waals surface area contributed by atoms with Gasteiger partial charge in [0.15, 0.2) is 0 Å². The van der Waals surface area contributed by atoms with Crippen LogP contribution in [0.2, 0.25) is 5.02 Å². The molecule has 1 aromatic carbocycles. The van der Waals surface area contributed by atoms with E-state index in [1.54, 1.807) is 24.9 Å². The maximum Gasteiger partial charge on any atom is 0.326 e. The molecule has 0 radical (unpaired) electrons. The first-order chi connectivity index (χ1) is 7.84. The number of carboxylic acids is 1. The molecule has 5 nitrogen and oxygen atoms in total. The largest absolute Gasteiger partial charge is 0.480 e. The quantitative estimate of drug-likeness (QED) is 0.852. The predicted molar refractivity (Wildman–Crippen MR) is 65.5 cm³/mol. The summed E-state index contributed by atoms with van der Waals surface area (Å²) < 4.78 is 0. The molecule has 1 aromatic rings. The molecule has 1 rings (SSSR count). The maximum atomic E-state index is 11.0. The van der Waals surface area contributed by atoms with Crippen molar-refractivity contribution in [2.24, 2.45) is 5.73 Å². The summed E-state index contributed by atoms with van der Waals surface area (Å²) in [5.74, 6) is -1.56. The number of carbonyl (C=O) groups excluding carboxylic acids is 1. The number of carbonyl (C=O) groups is 2. The Bertz CT molecular complexity index is 462. The van der Waals surface area contributed by atoms with Crippen LogP contribution in [-0.4, -0.2) is 30.1 Å². The van der Waals surface area contributed by atoms with Gasteiger partial charge in [-0.05, 0) is 25.1 Å². The minimum atomic E-state index is -0.942. The Labute approximate surface area is 104 Å². The van der Waals surface area contributed by atoms with Gasteiger partial charge < -0.3 is 15.7 Å². The first kappa shape index (κ1) is 13.3. The monoisotopic (exact) mass is 256 g/mol. The molecule has 0 bridgehead atoms. The van der Waals surface area contributed by atoms with Crippen LogP contribution in [-0.2, 0) is 4.79 Å². The van der Waals surface area contributed by atoms with Gasteiger partial charge in [0.1, 0.15) is 6.04 Å². The third-order valence-corrected chi connectivity index (χ3v) is 2.88. The van der Waals surface area contributed by atoms with Gasteiger partial charge in [-0.25, -0.2) is 4.79 Å². The van der Waals surface area contributed by atoms with Gasteiger partial charge in [0.2, 0.25) is 5.91 Å². The molecule has 0 aliphatic heterocycles. The van der Waals surface area contributed by atoms with E-state index in [2.05, 4.69) is 0 Å². The number of amides is 1. The molecule has 0 spiro atoms. The van der Waals surface area contributed by atoms with E-state index in [-0.39, 0.29) is 10.6 Å². The molecule has 0 aromatic heterocycles. The Morgan fingerprint density at radius 2 is 2.06 bits per heavy atom. The fourth-order valence-electron chi connectivity index (χ4n) is 1.31. The average Bonchev–Trinajstić information content (AvgIpc) is 2.26. The van der Waals surface area contributed by atoms with Gasteiger partial charge in [-0.1, -0.05) is 11.6 Å². The molecule has 0 saturated heterocycles. The van der Waals surface area contributed by atoms with E-state index in [9.17, 15) is 9.59 Å². The lowest BCUT2D eigenvalue weighted by Gasteiger charge is -2.24. The number of nitrogens with two attached hydrogens (primary N) is 1. The van der Waals surface area contributed by atoms with Crippen molar-refractivity contribution >= 4 is 29.2 Å². The standard InChI is InChI=1S/C11H13ClN2O3/c1-6(11(16)17)14(2)7-3-4-8(10(13)15)9(12)5-7/h3-6H,1-2H3,(H2,13,15)(H,16,17). The van der Waals surface area contributed by atoms with Gasteiger partial charge in [-0.15, -0.1) is 0 Å². The van der Waals surface area contributed by atoms with E-state index in [4.69, 9.17) is 22.4 Å². The van der Waals surface area contributed by atoms with Crippen molar-refractivity contribution in [2.75, 3.05) is 11.9 Å². The van der Waals surface area contributed by atoms with E-state index in [1.807, 2.05) is 0 Å². The second-order valence-electron chi connectivity index (χ2n) is 3.65. The fraction of sp³-hybridized carbons (Fsp3) is 0.273. The van der Waals surface area contributed by atoms with Gasteiger partial charge in [0.05, 0.1) is 10.6 Å². The van der Waals surface area contributed by atoms with Crippen LogP contribution in [0.1, 0.15) is 17.3 Å². The zero-order valence-corrected chi connectivity index (χ0v) is 10.2. The first-order valence-electron chi connectivity index (χ1n) is 4.89. The maximum absolute atomic E-state index is 11.0. The normalized spacial score (nSPS) is 11.9. The molecule has 3 N–H and O–H groups in total. The molecule has 6 heteroatoms. The summed E-state index contributed by atoms with van der Waals surface area (Å²) in [4.78, 5) is 23.3. The van der Waals surface area contributed by atoms with Crippen LogP contribution < -0.4 is 10.6 Å². The van der Waals surface area contributed by atoms with E-state index >= 15 is 0 Å². The molecule has 17 heavy (non-hydrogen) atoms. The number of aliphatic carboxylic acids is 1. The number of likely N-dealkylation sites (N-methyl/N-ethyl adjacent to an activating group) is 1. The molecule has 92 valence electrons. The fourth-order valence-corrected chi connectivity index (χ4v) is 1.58. The van der Waals surface area contributed by atoms with Crippen LogP contribution in [0.5, 0.6) is 0 Å². The lowest BCUT2D eigenvalue weighted by Crippen LogP contribution is -2.35. The van der Waals surface area contributed by atoms with E-state index in [1.165, 1.54) is 12.1 Å². The van der Waals surface area contributed by atoms with E-state index in [0.29, 0.717) is 5.69 Å². The summed E-state index contributed by atoms with van der Waals surface area (Å²) in [5.41, 5.74) is 5.94. The molecule has 1 atom stereocenters. The average molecular weight is 257 g/mol. The second kappa shape index (κ2) is 5.05. The van der Waals surface area contributed by atoms with Crippen molar-refractivity contribution in [1.29, 1.82) is 0 Å². The molecule has 0 heterocycles.